The number of nitrogens with zero attached hydrogens (tertiary/aromatic N) is 4. The summed E-state index contributed by atoms with van der Waals surface area (Å²) < 4.78 is 39.4. The van der Waals surface area contributed by atoms with Gasteiger partial charge in [-0.1, -0.05) is 50.7 Å². The fraction of sp³-hybridized carbons (Fsp3) is 0.414. The van der Waals surface area contributed by atoms with E-state index in [-0.39, 0.29) is 5.91 Å². The molecule has 0 atom stereocenters. The van der Waals surface area contributed by atoms with Crippen molar-refractivity contribution in [3.8, 4) is 0 Å². The highest BCUT2D eigenvalue weighted by Gasteiger charge is 2.31. The van der Waals surface area contributed by atoms with Crippen molar-refractivity contribution in [3.63, 3.8) is 0 Å². The number of aryl methyl sites for hydroxylation is 1. The standard InChI is InChI=1S/C29H34F3N5OS/c1-4-24-17-26(37-14-12-36(13-15-37)25-7-5-6-23(16-25)29(30,31)32)35-28(34-24)39-19-21-8-10-22(11-9-21)27(38)33-18-20(2)3/h5-11,16-17,20H,4,12-15,18-19H2,1-3H3,(H,33,38). The van der Waals surface area contributed by atoms with Crippen molar-refractivity contribution >= 4 is 29.2 Å². The summed E-state index contributed by atoms with van der Waals surface area (Å²) in [5.74, 6) is 1.83. The number of alkyl halides is 3. The number of anilines is 2. The number of carbonyl (C=O) groups excluding carboxylic acids is 1. The Labute approximate surface area is 232 Å². The number of hydrogen-bond acceptors (Lipinski definition) is 6. The molecule has 4 rings (SSSR count). The van der Waals surface area contributed by atoms with Gasteiger partial charge in [-0.3, -0.25) is 4.79 Å². The van der Waals surface area contributed by atoms with E-state index in [0.29, 0.717) is 60.8 Å². The molecule has 0 bridgehead atoms. The van der Waals surface area contributed by atoms with E-state index < -0.39 is 11.7 Å². The van der Waals surface area contributed by atoms with Crippen molar-refractivity contribution in [1.29, 1.82) is 0 Å². The number of hydrogen-bond donors (Lipinski definition) is 1. The van der Waals surface area contributed by atoms with Crippen LogP contribution < -0.4 is 15.1 Å². The normalized spacial score (nSPS) is 14.1. The maximum absolute atomic E-state index is 13.1. The largest absolute Gasteiger partial charge is 0.416 e. The molecule has 1 N–H and O–H groups in total. The maximum atomic E-state index is 13.1. The Kier molecular flexibility index (Phi) is 9.37. The van der Waals surface area contributed by atoms with E-state index in [2.05, 4.69) is 36.0 Å². The average molecular weight is 558 g/mol. The molecule has 1 fully saturated rings. The number of benzene rings is 2. The predicted molar refractivity (Wildman–Crippen MR) is 150 cm³/mol. The second-order valence-corrected chi connectivity index (χ2v) is 10.9. The Balaban J connectivity index is 1.37. The highest BCUT2D eigenvalue weighted by molar-refractivity contribution is 7.98. The Bertz CT molecular complexity index is 1260. The Hall–Kier alpha value is -3.27. The molecule has 0 radical (unpaired) electrons. The quantitative estimate of drug-likeness (QED) is 0.255. The second kappa shape index (κ2) is 12.7. The molecule has 0 unspecified atom stereocenters. The molecule has 1 aromatic heterocycles. The van der Waals surface area contributed by atoms with E-state index in [1.807, 2.05) is 35.2 Å². The zero-order chi connectivity index (χ0) is 28.0. The molecule has 2 aromatic carbocycles. The van der Waals surface area contributed by atoms with E-state index in [9.17, 15) is 18.0 Å². The summed E-state index contributed by atoms with van der Waals surface area (Å²) in [6, 6.07) is 15.1. The molecule has 208 valence electrons. The Morgan fingerprint density at radius 3 is 2.33 bits per heavy atom. The van der Waals surface area contributed by atoms with Crippen LogP contribution in [0.4, 0.5) is 24.7 Å². The summed E-state index contributed by atoms with van der Waals surface area (Å²) in [6.45, 7) is 9.32. The van der Waals surface area contributed by atoms with Crippen LogP contribution in [0.15, 0.2) is 59.8 Å². The van der Waals surface area contributed by atoms with E-state index in [1.165, 1.54) is 12.1 Å². The van der Waals surface area contributed by atoms with Crippen LogP contribution in [0.5, 0.6) is 0 Å². The predicted octanol–water partition coefficient (Wildman–Crippen LogP) is 6.06. The first-order valence-electron chi connectivity index (χ1n) is 13.2. The first-order chi connectivity index (χ1) is 18.6. The molecule has 39 heavy (non-hydrogen) atoms. The zero-order valence-electron chi connectivity index (χ0n) is 22.5. The monoisotopic (exact) mass is 557 g/mol. The molecule has 0 aliphatic carbocycles. The topological polar surface area (TPSA) is 61.4 Å². The van der Waals surface area contributed by atoms with E-state index in [4.69, 9.17) is 4.98 Å². The number of nitrogens with one attached hydrogen (secondary N) is 1. The Morgan fingerprint density at radius 2 is 1.69 bits per heavy atom. The fourth-order valence-electron chi connectivity index (χ4n) is 4.24. The highest BCUT2D eigenvalue weighted by Crippen LogP contribution is 2.32. The third-order valence-corrected chi connectivity index (χ3v) is 7.42. The molecule has 1 amide bonds. The van der Waals surface area contributed by atoms with Crippen molar-refractivity contribution in [2.24, 2.45) is 5.92 Å². The third kappa shape index (κ3) is 7.88. The minimum Gasteiger partial charge on any atom is -0.368 e. The van der Waals surface area contributed by atoms with Gasteiger partial charge in [0.2, 0.25) is 0 Å². The van der Waals surface area contributed by atoms with Crippen molar-refractivity contribution in [2.45, 2.75) is 44.3 Å². The first-order valence-corrected chi connectivity index (χ1v) is 14.2. The van der Waals surface area contributed by atoms with Gasteiger partial charge >= 0.3 is 6.18 Å². The summed E-state index contributed by atoms with van der Waals surface area (Å²) in [4.78, 5) is 25.9. The molecular formula is C29H34F3N5OS. The molecule has 0 saturated carbocycles. The van der Waals surface area contributed by atoms with E-state index in [0.717, 1.165) is 29.6 Å². The van der Waals surface area contributed by atoms with Crippen molar-refractivity contribution in [1.82, 2.24) is 15.3 Å². The van der Waals surface area contributed by atoms with Crippen molar-refractivity contribution in [2.75, 3.05) is 42.5 Å². The number of amides is 1. The van der Waals surface area contributed by atoms with Gasteiger partial charge in [-0.05, 0) is 48.2 Å². The number of aromatic nitrogens is 2. The fourth-order valence-corrected chi connectivity index (χ4v) is 5.07. The van der Waals surface area contributed by atoms with E-state index >= 15 is 0 Å². The lowest BCUT2D eigenvalue weighted by molar-refractivity contribution is -0.137. The minimum atomic E-state index is -4.35. The van der Waals surface area contributed by atoms with Crippen molar-refractivity contribution < 1.29 is 18.0 Å². The van der Waals surface area contributed by atoms with Gasteiger partial charge in [0.05, 0.1) is 5.56 Å². The molecule has 1 aliphatic rings. The van der Waals surface area contributed by atoms with Gasteiger partial charge < -0.3 is 15.1 Å². The molecular weight excluding hydrogens is 523 g/mol. The lowest BCUT2D eigenvalue weighted by Crippen LogP contribution is -2.47. The van der Waals surface area contributed by atoms with Gasteiger partial charge in [-0.2, -0.15) is 13.2 Å². The van der Waals surface area contributed by atoms with Gasteiger partial charge in [-0.15, -0.1) is 0 Å². The summed E-state index contributed by atoms with van der Waals surface area (Å²) in [6.07, 6.45) is -3.58. The minimum absolute atomic E-state index is 0.0697. The van der Waals surface area contributed by atoms with Gasteiger partial charge in [0.15, 0.2) is 5.16 Å². The molecule has 3 aromatic rings. The van der Waals surface area contributed by atoms with Gasteiger partial charge in [0, 0.05) is 61.5 Å². The molecule has 6 nitrogen and oxygen atoms in total. The van der Waals surface area contributed by atoms with Crippen LogP contribution in [0.2, 0.25) is 0 Å². The van der Waals surface area contributed by atoms with Crippen LogP contribution in [-0.2, 0) is 18.3 Å². The third-order valence-electron chi connectivity index (χ3n) is 6.50. The molecule has 1 aliphatic heterocycles. The van der Waals surface area contributed by atoms with Crippen LogP contribution >= 0.6 is 11.8 Å². The van der Waals surface area contributed by atoms with Crippen LogP contribution in [0.25, 0.3) is 0 Å². The average Bonchev–Trinajstić information content (AvgIpc) is 2.94. The molecule has 2 heterocycles. The summed E-state index contributed by atoms with van der Waals surface area (Å²) in [5.41, 5.74) is 2.61. The molecule has 10 heteroatoms. The highest BCUT2D eigenvalue weighted by atomic mass is 32.2. The number of rotatable bonds is 9. The molecule has 1 saturated heterocycles. The zero-order valence-corrected chi connectivity index (χ0v) is 23.3. The molecule has 0 spiro atoms. The second-order valence-electron chi connectivity index (χ2n) is 9.97. The van der Waals surface area contributed by atoms with Crippen LogP contribution in [-0.4, -0.2) is 48.6 Å². The lowest BCUT2D eigenvalue weighted by atomic mass is 10.1. The van der Waals surface area contributed by atoms with E-state index in [1.54, 1.807) is 17.8 Å². The number of thioether (sulfide) groups is 1. The lowest BCUT2D eigenvalue weighted by Gasteiger charge is -2.37. The van der Waals surface area contributed by atoms with Crippen LogP contribution in [0, 0.1) is 5.92 Å². The summed E-state index contributed by atoms with van der Waals surface area (Å²) >= 11 is 1.54. The van der Waals surface area contributed by atoms with Crippen LogP contribution in [0.3, 0.4) is 0 Å². The maximum Gasteiger partial charge on any atom is 0.416 e. The number of piperazine rings is 1. The number of carbonyl (C=O) groups is 1. The smallest absolute Gasteiger partial charge is 0.368 e. The van der Waals surface area contributed by atoms with Crippen LogP contribution in [0.1, 0.15) is 48.0 Å². The summed E-state index contributed by atoms with van der Waals surface area (Å²) in [7, 11) is 0. The first kappa shape index (κ1) is 28.7. The number of halogens is 3. The van der Waals surface area contributed by atoms with Crippen molar-refractivity contribution in [3.05, 3.63) is 77.0 Å². The van der Waals surface area contributed by atoms with Gasteiger partial charge in [0.1, 0.15) is 5.82 Å². The SMILES string of the molecule is CCc1cc(N2CCN(c3cccc(C(F)(F)F)c3)CC2)nc(SCc2ccc(C(=O)NCC(C)C)cc2)n1. The summed E-state index contributed by atoms with van der Waals surface area (Å²) in [5, 5.41) is 3.61. The van der Waals surface area contributed by atoms with Gasteiger partial charge in [0.25, 0.3) is 5.91 Å². The Morgan fingerprint density at radius 1 is 1.00 bits per heavy atom. The van der Waals surface area contributed by atoms with Gasteiger partial charge in [-0.25, -0.2) is 9.97 Å².